The Morgan fingerprint density at radius 1 is 1.04 bits per heavy atom. The summed E-state index contributed by atoms with van der Waals surface area (Å²) in [5.41, 5.74) is 7.59. The zero-order valence-electron chi connectivity index (χ0n) is 13.6. The molecule has 8 nitrogen and oxygen atoms in total. The molecule has 0 unspecified atom stereocenters. The molecule has 1 heterocycles. The van der Waals surface area contributed by atoms with Crippen LogP contribution in [-0.2, 0) is 16.1 Å². The zero-order valence-corrected chi connectivity index (χ0v) is 13.6. The second-order valence-corrected chi connectivity index (χ2v) is 5.26. The van der Waals surface area contributed by atoms with Crippen LogP contribution in [0.2, 0.25) is 0 Å². The van der Waals surface area contributed by atoms with E-state index in [-0.39, 0.29) is 30.7 Å². The highest BCUT2D eigenvalue weighted by Gasteiger charge is 2.06. The summed E-state index contributed by atoms with van der Waals surface area (Å²) in [6, 6.07) is 10.5. The van der Waals surface area contributed by atoms with E-state index >= 15 is 0 Å². The number of hydrogen-bond acceptors (Lipinski definition) is 5. The molecule has 0 aliphatic rings. The van der Waals surface area contributed by atoms with Crippen molar-refractivity contribution >= 4 is 23.3 Å². The van der Waals surface area contributed by atoms with E-state index in [4.69, 9.17) is 11.1 Å². The monoisotopic (exact) mass is 340 g/mol. The maximum atomic E-state index is 11.8. The number of carbonyl (C=O) groups excluding carboxylic acids is 2. The van der Waals surface area contributed by atoms with Crippen LogP contribution in [0, 0.1) is 5.41 Å². The summed E-state index contributed by atoms with van der Waals surface area (Å²) < 4.78 is 0. The van der Waals surface area contributed by atoms with Gasteiger partial charge in [-0.1, -0.05) is 12.1 Å². The Bertz CT molecular complexity index is 748. The number of amides is 2. The lowest BCUT2D eigenvalue weighted by atomic mass is 10.2. The molecule has 0 radical (unpaired) electrons. The molecular formula is C17H20N6O2. The molecule has 0 spiro atoms. The number of rotatable bonds is 8. The van der Waals surface area contributed by atoms with E-state index in [1.54, 1.807) is 48.8 Å². The van der Waals surface area contributed by atoms with Crippen molar-refractivity contribution in [2.24, 2.45) is 5.73 Å². The molecule has 0 aliphatic carbocycles. The third-order valence-corrected chi connectivity index (χ3v) is 3.31. The quantitative estimate of drug-likeness (QED) is 0.346. The lowest BCUT2D eigenvalue weighted by Crippen LogP contribution is -2.39. The standard InChI is InChI=1S/C17H20N6O2/c18-17(19)13-2-1-3-14(8-13)21-10-15(24)23-11-16(25)22-9-12-4-6-20-7-5-12/h1-8,21H,9-11H2,(H3,18,19)(H,22,25)(H,23,24). The van der Waals surface area contributed by atoms with Crippen LogP contribution in [0.4, 0.5) is 5.69 Å². The molecule has 0 saturated carbocycles. The first-order chi connectivity index (χ1) is 12.0. The van der Waals surface area contributed by atoms with E-state index in [9.17, 15) is 9.59 Å². The van der Waals surface area contributed by atoms with Gasteiger partial charge in [-0.25, -0.2) is 0 Å². The fraction of sp³-hybridized carbons (Fsp3) is 0.176. The van der Waals surface area contributed by atoms with E-state index in [0.29, 0.717) is 17.8 Å². The Labute approximate surface area is 145 Å². The van der Waals surface area contributed by atoms with E-state index in [0.717, 1.165) is 5.56 Å². The maximum absolute atomic E-state index is 11.8. The molecule has 2 aromatic rings. The second kappa shape index (κ2) is 9.02. The highest BCUT2D eigenvalue weighted by atomic mass is 16.2. The van der Waals surface area contributed by atoms with Crippen molar-refractivity contribution in [3.63, 3.8) is 0 Å². The van der Waals surface area contributed by atoms with Gasteiger partial charge in [0.2, 0.25) is 11.8 Å². The molecule has 6 N–H and O–H groups in total. The molecule has 1 aromatic carbocycles. The van der Waals surface area contributed by atoms with Gasteiger partial charge in [-0.2, -0.15) is 0 Å². The summed E-state index contributed by atoms with van der Waals surface area (Å²) in [4.78, 5) is 27.4. The first-order valence-corrected chi connectivity index (χ1v) is 7.65. The molecular weight excluding hydrogens is 320 g/mol. The Balaban J connectivity index is 1.69. The average Bonchev–Trinajstić information content (AvgIpc) is 2.64. The number of benzene rings is 1. The van der Waals surface area contributed by atoms with Crippen LogP contribution in [0.15, 0.2) is 48.8 Å². The van der Waals surface area contributed by atoms with Crippen molar-refractivity contribution in [1.29, 1.82) is 5.41 Å². The van der Waals surface area contributed by atoms with Gasteiger partial charge in [-0.05, 0) is 29.8 Å². The number of nitrogen functional groups attached to an aromatic ring is 1. The summed E-state index contributed by atoms with van der Waals surface area (Å²) in [6.45, 7) is 0.297. The number of hydrogen-bond donors (Lipinski definition) is 5. The Morgan fingerprint density at radius 3 is 2.48 bits per heavy atom. The zero-order chi connectivity index (χ0) is 18.1. The van der Waals surface area contributed by atoms with Crippen LogP contribution >= 0.6 is 0 Å². The van der Waals surface area contributed by atoms with Crippen LogP contribution in [0.1, 0.15) is 11.1 Å². The van der Waals surface area contributed by atoms with E-state index in [1.165, 1.54) is 0 Å². The Morgan fingerprint density at radius 2 is 1.76 bits per heavy atom. The van der Waals surface area contributed by atoms with Gasteiger partial charge in [-0.15, -0.1) is 0 Å². The minimum absolute atomic E-state index is 0.0129. The highest BCUT2D eigenvalue weighted by Crippen LogP contribution is 2.09. The first kappa shape index (κ1) is 17.9. The number of anilines is 1. The van der Waals surface area contributed by atoms with Crippen molar-refractivity contribution in [1.82, 2.24) is 15.6 Å². The van der Waals surface area contributed by atoms with Gasteiger partial charge in [0.1, 0.15) is 5.84 Å². The van der Waals surface area contributed by atoms with Gasteiger partial charge in [0.15, 0.2) is 0 Å². The molecule has 8 heteroatoms. The van der Waals surface area contributed by atoms with Gasteiger partial charge in [0.25, 0.3) is 0 Å². The Hall–Kier alpha value is -3.42. The van der Waals surface area contributed by atoms with Gasteiger partial charge < -0.3 is 21.7 Å². The van der Waals surface area contributed by atoms with E-state index in [1.807, 2.05) is 0 Å². The topological polar surface area (TPSA) is 133 Å². The number of nitrogens with one attached hydrogen (secondary N) is 4. The average molecular weight is 340 g/mol. The predicted molar refractivity (Wildman–Crippen MR) is 95.0 cm³/mol. The molecule has 0 saturated heterocycles. The minimum atomic E-state index is -0.313. The third-order valence-electron chi connectivity index (χ3n) is 3.31. The lowest BCUT2D eigenvalue weighted by Gasteiger charge is -2.09. The molecule has 2 rings (SSSR count). The van der Waals surface area contributed by atoms with Crippen LogP contribution < -0.4 is 21.7 Å². The van der Waals surface area contributed by atoms with Crippen LogP contribution in [0.3, 0.4) is 0 Å². The summed E-state index contributed by atoms with van der Waals surface area (Å²) in [5.74, 6) is -0.630. The van der Waals surface area contributed by atoms with Gasteiger partial charge in [0, 0.05) is 30.2 Å². The summed E-state index contributed by atoms with van der Waals surface area (Å²) >= 11 is 0. The fourth-order valence-electron chi connectivity index (χ4n) is 1.98. The first-order valence-electron chi connectivity index (χ1n) is 7.65. The van der Waals surface area contributed by atoms with Crippen LogP contribution in [0.5, 0.6) is 0 Å². The molecule has 0 bridgehead atoms. The Kier molecular flexibility index (Phi) is 6.47. The predicted octanol–water partition coefficient (Wildman–Crippen LogP) is 0.210. The minimum Gasteiger partial charge on any atom is -0.384 e. The van der Waals surface area contributed by atoms with Gasteiger partial charge >= 0.3 is 0 Å². The largest absolute Gasteiger partial charge is 0.384 e. The molecule has 130 valence electrons. The van der Waals surface area contributed by atoms with Gasteiger partial charge in [-0.3, -0.25) is 20.0 Å². The van der Waals surface area contributed by atoms with Gasteiger partial charge in [0.05, 0.1) is 13.1 Å². The summed E-state index contributed by atoms with van der Waals surface area (Å²) in [6.07, 6.45) is 3.30. The molecule has 0 fully saturated rings. The third kappa shape index (κ3) is 6.30. The number of carbonyl (C=O) groups is 2. The van der Waals surface area contributed by atoms with E-state index in [2.05, 4.69) is 20.9 Å². The molecule has 2 amide bonds. The maximum Gasteiger partial charge on any atom is 0.239 e. The van der Waals surface area contributed by atoms with Crippen molar-refractivity contribution in [3.8, 4) is 0 Å². The highest BCUT2D eigenvalue weighted by molar-refractivity contribution is 5.96. The van der Waals surface area contributed by atoms with Crippen molar-refractivity contribution in [2.45, 2.75) is 6.54 Å². The molecule has 0 atom stereocenters. The SMILES string of the molecule is N=C(N)c1cccc(NCC(=O)NCC(=O)NCc2ccncc2)c1. The fourth-order valence-corrected chi connectivity index (χ4v) is 1.98. The number of nitrogens with zero attached hydrogens (tertiary/aromatic N) is 1. The number of pyridine rings is 1. The van der Waals surface area contributed by atoms with Crippen molar-refractivity contribution < 1.29 is 9.59 Å². The smallest absolute Gasteiger partial charge is 0.239 e. The van der Waals surface area contributed by atoms with Crippen LogP contribution in [-0.4, -0.2) is 35.7 Å². The molecule has 1 aromatic heterocycles. The number of nitrogens with two attached hydrogens (primary N) is 1. The normalized spacial score (nSPS) is 9.92. The summed E-state index contributed by atoms with van der Waals surface area (Å²) in [7, 11) is 0. The number of aromatic nitrogens is 1. The summed E-state index contributed by atoms with van der Waals surface area (Å²) in [5, 5.41) is 15.5. The van der Waals surface area contributed by atoms with E-state index < -0.39 is 0 Å². The number of amidine groups is 1. The van der Waals surface area contributed by atoms with Crippen molar-refractivity contribution in [3.05, 3.63) is 59.9 Å². The second-order valence-electron chi connectivity index (χ2n) is 5.26. The van der Waals surface area contributed by atoms with Crippen molar-refractivity contribution in [2.75, 3.05) is 18.4 Å². The molecule has 25 heavy (non-hydrogen) atoms. The van der Waals surface area contributed by atoms with Crippen LogP contribution in [0.25, 0.3) is 0 Å². The lowest BCUT2D eigenvalue weighted by molar-refractivity contribution is -0.125. The molecule has 0 aliphatic heterocycles.